The molecule has 1 N–H and O–H groups in total. The van der Waals surface area contributed by atoms with Crippen LogP contribution in [0, 0.1) is 6.92 Å². The van der Waals surface area contributed by atoms with Gasteiger partial charge in [-0.1, -0.05) is 6.07 Å². The minimum atomic E-state index is -0.487. The van der Waals surface area contributed by atoms with Crippen LogP contribution in [0.5, 0.6) is 17.2 Å². The number of amides is 1. The zero-order chi connectivity index (χ0) is 19.1. The minimum absolute atomic E-state index is 0.231. The molecule has 0 aromatic heterocycles. The maximum absolute atomic E-state index is 12.2. The van der Waals surface area contributed by atoms with Gasteiger partial charge in [-0.3, -0.25) is 4.79 Å². The largest absolute Gasteiger partial charge is 0.495 e. The molecule has 0 unspecified atom stereocenters. The molecule has 2 aromatic rings. The fourth-order valence-corrected chi connectivity index (χ4v) is 2.28. The van der Waals surface area contributed by atoms with Gasteiger partial charge in [0.15, 0.2) is 18.1 Å². The SMILES string of the molecule is COC(=O)c1ccc(OCC(=O)Nc2cc(C)ccc2OC)c(OC)c1. The lowest BCUT2D eigenvalue weighted by Gasteiger charge is -2.13. The summed E-state index contributed by atoms with van der Waals surface area (Å²) >= 11 is 0. The van der Waals surface area contributed by atoms with Crippen molar-refractivity contribution in [2.24, 2.45) is 0 Å². The molecule has 0 saturated heterocycles. The third-order valence-electron chi connectivity index (χ3n) is 3.57. The summed E-state index contributed by atoms with van der Waals surface area (Å²) in [6, 6.07) is 10.0. The van der Waals surface area contributed by atoms with Gasteiger partial charge in [-0.25, -0.2) is 4.79 Å². The van der Waals surface area contributed by atoms with E-state index < -0.39 is 5.97 Å². The maximum Gasteiger partial charge on any atom is 0.337 e. The summed E-state index contributed by atoms with van der Waals surface area (Å²) in [7, 11) is 4.27. The van der Waals surface area contributed by atoms with Crippen molar-refractivity contribution >= 4 is 17.6 Å². The number of ether oxygens (including phenoxy) is 4. The topological polar surface area (TPSA) is 83.1 Å². The van der Waals surface area contributed by atoms with Crippen LogP contribution in [-0.2, 0) is 9.53 Å². The molecule has 2 rings (SSSR count). The van der Waals surface area contributed by atoms with Crippen LogP contribution < -0.4 is 19.5 Å². The van der Waals surface area contributed by atoms with Crippen LogP contribution in [0.3, 0.4) is 0 Å². The molecule has 0 atom stereocenters. The number of benzene rings is 2. The molecule has 7 heteroatoms. The number of rotatable bonds is 7. The van der Waals surface area contributed by atoms with E-state index in [-0.39, 0.29) is 12.5 Å². The van der Waals surface area contributed by atoms with E-state index in [1.165, 1.54) is 33.5 Å². The van der Waals surface area contributed by atoms with Crippen molar-refractivity contribution in [3.8, 4) is 17.2 Å². The molecule has 0 bridgehead atoms. The number of carbonyl (C=O) groups excluding carboxylic acids is 2. The van der Waals surface area contributed by atoms with Crippen molar-refractivity contribution in [2.75, 3.05) is 33.3 Å². The zero-order valence-corrected chi connectivity index (χ0v) is 15.1. The highest BCUT2D eigenvalue weighted by molar-refractivity contribution is 5.93. The molecule has 2 aromatic carbocycles. The number of methoxy groups -OCH3 is 3. The van der Waals surface area contributed by atoms with E-state index in [9.17, 15) is 9.59 Å². The molecule has 0 heterocycles. The summed E-state index contributed by atoms with van der Waals surface area (Å²) in [6.45, 7) is 1.68. The first-order valence-electron chi connectivity index (χ1n) is 7.82. The fourth-order valence-electron chi connectivity index (χ4n) is 2.28. The van der Waals surface area contributed by atoms with E-state index in [4.69, 9.17) is 14.2 Å². The molecule has 26 heavy (non-hydrogen) atoms. The maximum atomic E-state index is 12.2. The monoisotopic (exact) mass is 359 g/mol. The Bertz CT molecular complexity index is 803. The third-order valence-corrected chi connectivity index (χ3v) is 3.57. The Morgan fingerprint density at radius 1 is 0.923 bits per heavy atom. The van der Waals surface area contributed by atoms with E-state index in [0.29, 0.717) is 28.5 Å². The number of nitrogens with one attached hydrogen (secondary N) is 1. The van der Waals surface area contributed by atoms with E-state index >= 15 is 0 Å². The Labute approximate surface area is 151 Å². The second-order valence-corrected chi connectivity index (χ2v) is 5.40. The molecule has 0 fully saturated rings. The summed E-state index contributed by atoms with van der Waals surface area (Å²) in [5.74, 6) is 0.386. The number of hydrogen-bond acceptors (Lipinski definition) is 6. The van der Waals surface area contributed by atoms with Crippen LogP contribution >= 0.6 is 0 Å². The Morgan fingerprint density at radius 3 is 2.27 bits per heavy atom. The van der Waals surface area contributed by atoms with Crippen molar-refractivity contribution in [3.05, 3.63) is 47.5 Å². The Kier molecular flexibility index (Phi) is 6.43. The van der Waals surface area contributed by atoms with Crippen LogP contribution in [0.4, 0.5) is 5.69 Å². The van der Waals surface area contributed by atoms with Gasteiger partial charge in [-0.2, -0.15) is 0 Å². The molecular weight excluding hydrogens is 338 g/mol. The van der Waals surface area contributed by atoms with Crippen molar-refractivity contribution in [3.63, 3.8) is 0 Å². The first-order valence-corrected chi connectivity index (χ1v) is 7.82. The second kappa shape index (κ2) is 8.75. The highest BCUT2D eigenvalue weighted by Crippen LogP contribution is 2.29. The van der Waals surface area contributed by atoms with E-state index in [0.717, 1.165) is 5.56 Å². The molecule has 1 amide bonds. The number of esters is 1. The van der Waals surface area contributed by atoms with Crippen LogP contribution in [-0.4, -0.2) is 39.8 Å². The molecule has 0 aliphatic heterocycles. The van der Waals surface area contributed by atoms with Gasteiger partial charge in [0.2, 0.25) is 0 Å². The lowest BCUT2D eigenvalue weighted by molar-refractivity contribution is -0.118. The van der Waals surface area contributed by atoms with E-state index in [1.807, 2.05) is 19.1 Å². The van der Waals surface area contributed by atoms with Gasteiger partial charge in [-0.15, -0.1) is 0 Å². The first kappa shape index (κ1) is 19.1. The van der Waals surface area contributed by atoms with Crippen LogP contribution in [0.25, 0.3) is 0 Å². The molecule has 0 radical (unpaired) electrons. The molecule has 138 valence electrons. The second-order valence-electron chi connectivity index (χ2n) is 5.40. The van der Waals surface area contributed by atoms with Crippen molar-refractivity contribution in [1.82, 2.24) is 0 Å². The van der Waals surface area contributed by atoms with Gasteiger partial charge in [0.05, 0.1) is 32.6 Å². The average Bonchev–Trinajstić information content (AvgIpc) is 2.65. The molecule has 0 aliphatic carbocycles. The standard InChI is InChI=1S/C19H21NO6/c1-12-5-7-15(23-2)14(9-12)20-18(21)11-26-16-8-6-13(19(22)25-4)10-17(16)24-3/h5-10H,11H2,1-4H3,(H,20,21). The fraction of sp³-hybridized carbons (Fsp3) is 0.263. The smallest absolute Gasteiger partial charge is 0.337 e. The molecule has 0 spiro atoms. The summed E-state index contributed by atoms with van der Waals surface area (Å²) in [6.07, 6.45) is 0. The quantitative estimate of drug-likeness (QED) is 0.766. The van der Waals surface area contributed by atoms with Crippen molar-refractivity contribution < 1.29 is 28.5 Å². The van der Waals surface area contributed by atoms with Gasteiger partial charge in [0, 0.05) is 0 Å². The molecular formula is C19H21NO6. The number of hydrogen-bond donors (Lipinski definition) is 1. The van der Waals surface area contributed by atoms with E-state index in [1.54, 1.807) is 12.1 Å². The predicted octanol–water partition coefficient (Wildman–Crippen LogP) is 2.82. The van der Waals surface area contributed by atoms with Crippen LogP contribution in [0.1, 0.15) is 15.9 Å². The van der Waals surface area contributed by atoms with Crippen LogP contribution in [0.2, 0.25) is 0 Å². The molecule has 0 saturated carbocycles. The Hall–Kier alpha value is -3.22. The van der Waals surface area contributed by atoms with Crippen LogP contribution in [0.15, 0.2) is 36.4 Å². The van der Waals surface area contributed by atoms with Gasteiger partial charge in [-0.05, 0) is 42.8 Å². The lowest BCUT2D eigenvalue weighted by Crippen LogP contribution is -2.20. The number of aryl methyl sites for hydroxylation is 1. The highest BCUT2D eigenvalue weighted by atomic mass is 16.5. The number of anilines is 1. The van der Waals surface area contributed by atoms with Gasteiger partial charge >= 0.3 is 5.97 Å². The van der Waals surface area contributed by atoms with Gasteiger partial charge in [0.1, 0.15) is 5.75 Å². The molecule has 7 nitrogen and oxygen atoms in total. The van der Waals surface area contributed by atoms with Crippen molar-refractivity contribution in [2.45, 2.75) is 6.92 Å². The van der Waals surface area contributed by atoms with Crippen molar-refractivity contribution in [1.29, 1.82) is 0 Å². The summed E-state index contributed by atoms with van der Waals surface area (Å²) in [5.41, 5.74) is 1.88. The summed E-state index contributed by atoms with van der Waals surface area (Å²) < 4.78 is 20.6. The lowest BCUT2D eigenvalue weighted by atomic mass is 10.2. The average molecular weight is 359 g/mol. The normalized spacial score (nSPS) is 10.0. The Morgan fingerprint density at radius 2 is 1.62 bits per heavy atom. The zero-order valence-electron chi connectivity index (χ0n) is 15.1. The van der Waals surface area contributed by atoms with E-state index in [2.05, 4.69) is 10.1 Å². The Balaban J connectivity index is 2.05. The predicted molar refractivity (Wildman–Crippen MR) is 96.2 cm³/mol. The first-order chi connectivity index (χ1) is 12.5. The third kappa shape index (κ3) is 4.66. The number of carbonyl (C=O) groups is 2. The summed E-state index contributed by atoms with van der Waals surface area (Å²) in [5, 5.41) is 2.74. The van der Waals surface area contributed by atoms with Gasteiger partial charge in [0.25, 0.3) is 5.91 Å². The van der Waals surface area contributed by atoms with Gasteiger partial charge < -0.3 is 24.3 Å². The minimum Gasteiger partial charge on any atom is -0.495 e. The summed E-state index contributed by atoms with van der Waals surface area (Å²) in [4.78, 5) is 23.7. The molecule has 0 aliphatic rings. The highest BCUT2D eigenvalue weighted by Gasteiger charge is 2.13.